The molecule has 0 aliphatic carbocycles. The lowest BCUT2D eigenvalue weighted by Gasteiger charge is -2.10. The summed E-state index contributed by atoms with van der Waals surface area (Å²) in [7, 11) is 2.98. The Hall–Kier alpha value is -2.18. The van der Waals surface area contributed by atoms with Gasteiger partial charge in [-0.1, -0.05) is 11.6 Å². The third-order valence-electron chi connectivity index (χ3n) is 2.65. The zero-order valence-corrected chi connectivity index (χ0v) is 12.3. The fourth-order valence-electron chi connectivity index (χ4n) is 1.65. The van der Waals surface area contributed by atoms with E-state index in [0.29, 0.717) is 27.9 Å². The van der Waals surface area contributed by atoms with Crippen LogP contribution in [0, 0.1) is 0 Å². The van der Waals surface area contributed by atoms with E-state index in [1.807, 2.05) is 0 Å². The number of rotatable bonds is 5. The minimum absolute atomic E-state index is 0.232. The van der Waals surface area contributed by atoms with E-state index in [2.05, 4.69) is 15.2 Å². The number of hydrogen-bond acceptors (Lipinski definition) is 6. The van der Waals surface area contributed by atoms with Gasteiger partial charge in [0.2, 0.25) is 11.6 Å². The number of halogens is 1. The van der Waals surface area contributed by atoms with Crippen molar-refractivity contribution in [1.82, 2.24) is 4.98 Å². The minimum atomic E-state index is -0.232. The quantitative estimate of drug-likeness (QED) is 0.855. The number of hydrogen-bond donors (Lipinski definition) is 1. The van der Waals surface area contributed by atoms with E-state index in [9.17, 15) is 5.11 Å². The van der Waals surface area contributed by atoms with Gasteiger partial charge in [0.05, 0.1) is 32.2 Å². The number of aliphatic hydroxyl groups is 1. The Bertz CT molecular complexity index is 645. The maximum atomic E-state index is 9.22. The maximum absolute atomic E-state index is 9.22. The molecule has 0 radical (unpaired) electrons. The summed E-state index contributed by atoms with van der Waals surface area (Å²) in [6.45, 7) is -0.232. The Labute approximate surface area is 127 Å². The lowest BCUT2D eigenvalue weighted by Crippen LogP contribution is -1.96. The van der Waals surface area contributed by atoms with Crippen molar-refractivity contribution in [2.45, 2.75) is 6.61 Å². The van der Waals surface area contributed by atoms with E-state index >= 15 is 0 Å². The monoisotopic (exact) mass is 307 g/mol. The fraction of sp³-hybridized carbons (Fsp3) is 0.214. The highest BCUT2D eigenvalue weighted by atomic mass is 35.5. The molecule has 0 atom stereocenters. The predicted octanol–water partition coefficient (Wildman–Crippen LogP) is 3.66. The topological polar surface area (TPSA) is 76.3 Å². The Morgan fingerprint density at radius 3 is 2.43 bits per heavy atom. The minimum Gasteiger partial charge on any atom is -0.493 e. The van der Waals surface area contributed by atoms with Crippen LogP contribution in [0.4, 0.5) is 11.5 Å². The average Bonchev–Trinajstić information content (AvgIpc) is 2.53. The fourth-order valence-corrected chi connectivity index (χ4v) is 1.78. The van der Waals surface area contributed by atoms with Crippen molar-refractivity contribution in [3.63, 3.8) is 0 Å². The summed E-state index contributed by atoms with van der Waals surface area (Å²) in [5.41, 5.74) is 1.04. The molecule has 2 aromatic rings. The van der Waals surface area contributed by atoms with Gasteiger partial charge in [0.15, 0.2) is 5.75 Å². The van der Waals surface area contributed by atoms with Gasteiger partial charge in [-0.25, -0.2) is 4.98 Å². The van der Waals surface area contributed by atoms with E-state index in [0.717, 1.165) is 0 Å². The molecule has 0 aliphatic rings. The number of azo groups is 1. The number of aromatic nitrogens is 1. The molecule has 110 valence electrons. The molecule has 21 heavy (non-hydrogen) atoms. The molecule has 1 heterocycles. The Morgan fingerprint density at radius 1 is 1.14 bits per heavy atom. The molecular formula is C14H14ClN3O3. The van der Waals surface area contributed by atoms with E-state index < -0.39 is 0 Å². The highest BCUT2D eigenvalue weighted by Crippen LogP contribution is 2.37. The van der Waals surface area contributed by atoms with E-state index in [1.165, 1.54) is 14.2 Å². The molecule has 0 spiro atoms. The number of nitrogens with zero attached hydrogens (tertiary/aromatic N) is 3. The van der Waals surface area contributed by atoms with Crippen LogP contribution in [0.15, 0.2) is 40.6 Å². The first-order chi connectivity index (χ1) is 10.2. The molecule has 1 aromatic carbocycles. The number of ether oxygens (including phenoxy) is 2. The lowest BCUT2D eigenvalue weighted by atomic mass is 10.3. The largest absolute Gasteiger partial charge is 0.493 e. The van der Waals surface area contributed by atoms with Crippen LogP contribution >= 0.6 is 11.6 Å². The van der Waals surface area contributed by atoms with Crippen LogP contribution in [0.1, 0.15) is 5.69 Å². The first kappa shape index (κ1) is 15.2. The SMILES string of the molecule is COc1cc(CO)nc(N=Nc2ccc(Cl)cc2)c1OC. The Morgan fingerprint density at radius 2 is 1.86 bits per heavy atom. The number of aliphatic hydroxyl groups excluding tert-OH is 1. The van der Waals surface area contributed by atoms with Crippen LogP contribution in [0.2, 0.25) is 5.02 Å². The van der Waals surface area contributed by atoms with Gasteiger partial charge in [0.1, 0.15) is 0 Å². The summed E-state index contributed by atoms with van der Waals surface area (Å²) in [6, 6.07) is 8.47. The van der Waals surface area contributed by atoms with Gasteiger partial charge >= 0.3 is 0 Å². The van der Waals surface area contributed by atoms with Crippen molar-refractivity contribution in [1.29, 1.82) is 0 Å². The third-order valence-corrected chi connectivity index (χ3v) is 2.90. The summed E-state index contributed by atoms with van der Waals surface area (Å²) < 4.78 is 10.4. The van der Waals surface area contributed by atoms with Crippen molar-refractivity contribution in [2.75, 3.05) is 14.2 Å². The van der Waals surface area contributed by atoms with Gasteiger partial charge in [-0.2, -0.15) is 0 Å². The zero-order valence-electron chi connectivity index (χ0n) is 11.6. The van der Waals surface area contributed by atoms with Crippen molar-refractivity contribution in [2.24, 2.45) is 10.2 Å². The molecule has 6 nitrogen and oxygen atoms in total. The van der Waals surface area contributed by atoms with E-state index in [1.54, 1.807) is 30.3 Å². The summed E-state index contributed by atoms with van der Waals surface area (Å²) in [4.78, 5) is 4.16. The second kappa shape index (κ2) is 7.01. The van der Waals surface area contributed by atoms with Crippen molar-refractivity contribution >= 4 is 23.1 Å². The predicted molar refractivity (Wildman–Crippen MR) is 78.9 cm³/mol. The number of methoxy groups -OCH3 is 2. The molecule has 1 aromatic heterocycles. The van der Waals surface area contributed by atoms with Crippen LogP contribution in [0.25, 0.3) is 0 Å². The molecule has 0 saturated carbocycles. The molecule has 0 bridgehead atoms. The van der Waals surface area contributed by atoms with Crippen LogP contribution in [0.3, 0.4) is 0 Å². The molecule has 0 fully saturated rings. The molecule has 0 saturated heterocycles. The lowest BCUT2D eigenvalue weighted by molar-refractivity contribution is 0.275. The molecule has 0 amide bonds. The van der Waals surface area contributed by atoms with Crippen LogP contribution in [-0.4, -0.2) is 24.3 Å². The summed E-state index contributed by atoms with van der Waals surface area (Å²) >= 11 is 5.81. The first-order valence-corrected chi connectivity index (χ1v) is 6.45. The highest BCUT2D eigenvalue weighted by molar-refractivity contribution is 6.30. The van der Waals surface area contributed by atoms with Gasteiger partial charge in [-0.05, 0) is 24.3 Å². The van der Waals surface area contributed by atoms with Gasteiger partial charge < -0.3 is 14.6 Å². The number of benzene rings is 1. The molecule has 1 N–H and O–H groups in total. The van der Waals surface area contributed by atoms with Gasteiger partial charge in [0, 0.05) is 11.1 Å². The van der Waals surface area contributed by atoms with E-state index in [-0.39, 0.29) is 12.4 Å². The third kappa shape index (κ3) is 3.68. The molecular weight excluding hydrogens is 294 g/mol. The Balaban J connectivity index is 2.39. The molecule has 2 rings (SSSR count). The second-order valence-electron chi connectivity index (χ2n) is 4.01. The van der Waals surface area contributed by atoms with Gasteiger partial charge in [0.25, 0.3) is 0 Å². The van der Waals surface area contributed by atoms with E-state index in [4.69, 9.17) is 21.1 Å². The van der Waals surface area contributed by atoms with Crippen molar-refractivity contribution in [3.05, 3.63) is 41.0 Å². The summed E-state index contributed by atoms with van der Waals surface area (Å²) in [5, 5.41) is 17.9. The average molecular weight is 308 g/mol. The molecule has 0 aliphatic heterocycles. The second-order valence-corrected chi connectivity index (χ2v) is 4.44. The highest BCUT2D eigenvalue weighted by Gasteiger charge is 2.13. The van der Waals surface area contributed by atoms with Gasteiger partial charge in [-0.3, -0.25) is 0 Å². The van der Waals surface area contributed by atoms with Crippen LogP contribution in [-0.2, 0) is 6.61 Å². The van der Waals surface area contributed by atoms with Crippen LogP contribution in [0.5, 0.6) is 11.5 Å². The first-order valence-electron chi connectivity index (χ1n) is 6.08. The Kier molecular flexibility index (Phi) is 5.08. The molecule has 0 unspecified atom stereocenters. The van der Waals surface area contributed by atoms with Crippen molar-refractivity contribution in [3.8, 4) is 11.5 Å². The summed E-state index contributed by atoms with van der Waals surface area (Å²) in [5.74, 6) is 1.02. The standard InChI is InChI=1S/C14H14ClN3O3/c1-20-12-7-11(8-19)16-14(13(12)21-2)18-17-10-5-3-9(15)4-6-10/h3-7,19H,8H2,1-2H3. The van der Waals surface area contributed by atoms with Crippen molar-refractivity contribution < 1.29 is 14.6 Å². The summed E-state index contributed by atoms with van der Waals surface area (Å²) in [6.07, 6.45) is 0. The maximum Gasteiger partial charge on any atom is 0.221 e. The van der Waals surface area contributed by atoms with Gasteiger partial charge in [-0.15, -0.1) is 10.2 Å². The normalized spacial score (nSPS) is 10.9. The molecule has 7 heteroatoms. The number of pyridine rings is 1. The van der Waals surface area contributed by atoms with Crippen LogP contribution < -0.4 is 9.47 Å². The smallest absolute Gasteiger partial charge is 0.221 e. The zero-order chi connectivity index (χ0) is 15.2.